The van der Waals surface area contributed by atoms with Gasteiger partial charge in [-0.15, -0.1) is 11.6 Å². The largest absolute Gasteiger partial charge is 0.466 e. The summed E-state index contributed by atoms with van der Waals surface area (Å²) in [5, 5.41) is 0. The van der Waals surface area contributed by atoms with E-state index in [1.54, 1.807) is 0 Å². The average Bonchev–Trinajstić information content (AvgIpc) is 2.24. The molecule has 0 aliphatic heterocycles. The van der Waals surface area contributed by atoms with Crippen molar-refractivity contribution in [2.45, 2.75) is 51.8 Å². The minimum atomic E-state index is -0.311. The van der Waals surface area contributed by atoms with Crippen molar-refractivity contribution in [2.24, 2.45) is 5.92 Å². The van der Waals surface area contributed by atoms with Crippen LogP contribution in [0.15, 0.2) is 23.8 Å². The molecule has 0 aliphatic carbocycles. The monoisotopic (exact) mass is 272 g/mol. The molecule has 1 atom stereocenters. The van der Waals surface area contributed by atoms with Gasteiger partial charge in [-0.1, -0.05) is 25.5 Å². The number of ether oxygens (including phenoxy) is 1. The summed E-state index contributed by atoms with van der Waals surface area (Å²) in [5.41, 5.74) is 0.909. The Morgan fingerprint density at radius 3 is 2.56 bits per heavy atom. The Kier molecular flexibility index (Phi) is 8.01. The Morgan fingerprint density at radius 1 is 1.44 bits per heavy atom. The Hall–Kier alpha value is -0.760. The van der Waals surface area contributed by atoms with Gasteiger partial charge in [-0.3, -0.25) is 0 Å². The summed E-state index contributed by atoms with van der Waals surface area (Å²) in [7, 11) is 1.38. The van der Waals surface area contributed by atoms with Crippen LogP contribution in [0.5, 0.6) is 0 Å². The molecule has 18 heavy (non-hydrogen) atoms. The highest BCUT2D eigenvalue weighted by molar-refractivity contribution is 6.23. The first kappa shape index (κ1) is 17.2. The summed E-state index contributed by atoms with van der Waals surface area (Å²) in [5.74, 6) is 0.179. The van der Waals surface area contributed by atoms with Crippen molar-refractivity contribution in [3.63, 3.8) is 0 Å². The molecule has 0 aromatic heterocycles. The summed E-state index contributed by atoms with van der Waals surface area (Å²) in [6, 6.07) is 0. The number of allylic oxidation sites excluding steroid dienone is 3. The van der Waals surface area contributed by atoms with Crippen LogP contribution in [0.4, 0.5) is 0 Å². The Morgan fingerprint density at radius 2 is 2.06 bits per heavy atom. The van der Waals surface area contributed by atoms with Crippen molar-refractivity contribution >= 4 is 17.6 Å². The molecule has 0 amide bonds. The lowest BCUT2D eigenvalue weighted by molar-refractivity contribution is -0.134. The van der Waals surface area contributed by atoms with Gasteiger partial charge in [0.2, 0.25) is 0 Å². The van der Waals surface area contributed by atoms with E-state index in [9.17, 15) is 4.79 Å². The standard InChI is InChI=1S/C15H25ClO2/c1-12(7-6-10-15(3,4)16)8-9-13(2)11-14(17)18-5/h8-9,11-12H,6-7,10H2,1-5H3/b9-8+,13-11+. The molecule has 0 radical (unpaired) electrons. The van der Waals surface area contributed by atoms with Gasteiger partial charge in [0.05, 0.1) is 7.11 Å². The molecular formula is C15H25ClO2. The number of hydrogen-bond acceptors (Lipinski definition) is 2. The zero-order chi connectivity index (χ0) is 14.2. The maximum absolute atomic E-state index is 11.0. The lowest BCUT2D eigenvalue weighted by Crippen LogP contribution is -2.09. The van der Waals surface area contributed by atoms with Crippen LogP contribution in [0.2, 0.25) is 0 Å². The average molecular weight is 273 g/mol. The van der Waals surface area contributed by atoms with E-state index in [-0.39, 0.29) is 10.8 Å². The highest BCUT2D eigenvalue weighted by Crippen LogP contribution is 2.22. The highest BCUT2D eigenvalue weighted by Gasteiger charge is 2.12. The number of carbonyl (C=O) groups excluding carboxylic acids is 1. The van der Waals surface area contributed by atoms with Crippen LogP contribution in [-0.4, -0.2) is 18.0 Å². The van der Waals surface area contributed by atoms with Gasteiger partial charge in [0.15, 0.2) is 0 Å². The molecule has 1 unspecified atom stereocenters. The molecule has 0 saturated carbocycles. The van der Waals surface area contributed by atoms with E-state index in [0.717, 1.165) is 24.8 Å². The maximum Gasteiger partial charge on any atom is 0.330 e. The quantitative estimate of drug-likeness (QED) is 0.295. The second kappa shape index (κ2) is 8.36. The molecule has 0 N–H and O–H groups in total. The van der Waals surface area contributed by atoms with Crippen LogP contribution < -0.4 is 0 Å². The van der Waals surface area contributed by atoms with Gasteiger partial charge in [0, 0.05) is 11.0 Å². The zero-order valence-corrected chi connectivity index (χ0v) is 12.9. The molecule has 0 rings (SSSR count). The number of carbonyl (C=O) groups is 1. The van der Waals surface area contributed by atoms with Crippen molar-refractivity contribution in [2.75, 3.05) is 7.11 Å². The summed E-state index contributed by atoms with van der Waals surface area (Å²) >= 11 is 6.14. The molecule has 2 nitrogen and oxygen atoms in total. The van der Waals surface area contributed by atoms with E-state index >= 15 is 0 Å². The fourth-order valence-corrected chi connectivity index (χ4v) is 1.68. The molecular weight excluding hydrogens is 248 g/mol. The number of hydrogen-bond donors (Lipinski definition) is 0. The Balaban J connectivity index is 4.04. The zero-order valence-electron chi connectivity index (χ0n) is 12.1. The summed E-state index contributed by atoms with van der Waals surface area (Å²) in [6.45, 7) is 8.14. The van der Waals surface area contributed by atoms with Crippen molar-refractivity contribution in [1.82, 2.24) is 0 Å². The van der Waals surface area contributed by atoms with Crippen LogP contribution >= 0.6 is 11.6 Å². The summed E-state index contributed by atoms with van der Waals surface area (Å²) in [4.78, 5) is 10.9. The van der Waals surface area contributed by atoms with E-state index in [1.165, 1.54) is 13.2 Å². The number of rotatable bonds is 7. The van der Waals surface area contributed by atoms with Gasteiger partial charge in [-0.05, 0) is 45.1 Å². The lowest BCUT2D eigenvalue weighted by Gasteiger charge is -2.15. The van der Waals surface area contributed by atoms with Crippen LogP contribution in [0.3, 0.4) is 0 Å². The Labute approximate surface area is 116 Å². The predicted molar refractivity (Wildman–Crippen MR) is 77.9 cm³/mol. The number of methoxy groups -OCH3 is 1. The third-order valence-electron chi connectivity index (χ3n) is 2.67. The van der Waals surface area contributed by atoms with Gasteiger partial charge in [0.25, 0.3) is 0 Å². The van der Waals surface area contributed by atoms with Crippen LogP contribution in [0, 0.1) is 5.92 Å². The van der Waals surface area contributed by atoms with Gasteiger partial charge in [-0.2, -0.15) is 0 Å². The van der Waals surface area contributed by atoms with Gasteiger partial charge >= 0.3 is 5.97 Å². The normalized spacial score (nSPS) is 14.9. The first-order valence-electron chi connectivity index (χ1n) is 6.38. The van der Waals surface area contributed by atoms with Crippen LogP contribution in [0.25, 0.3) is 0 Å². The van der Waals surface area contributed by atoms with Crippen molar-refractivity contribution in [3.05, 3.63) is 23.8 Å². The van der Waals surface area contributed by atoms with E-state index in [0.29, 0.717) is 5.92 Å². The highest BCUT2D eigenvalue weighted by atomic mass is 35.5. The number of esters is 1. The van der Waals surface area contributed by atoms with E-state index in [2.05, 4.69) is 17.7 Å². The van der Waals surface area contributed by atoms with E-state index < -0.39 is 0 Å². The molecule has 0 aromatic rings. The Bertz CT molecular complexity index is 311. The molecule has 0 heterocycles. The van der Waals surface area contributed by atoms with E-state index in [1.807, 2.05) is 26.8 Å². The minimum absolute atomic E-state index is 0.107. The van der Waals surface area contributed by atoms with E-state index in [4.69, 9.17) is 11.6 Å². The van der Waals surface area contributed by atoms with Crippen molar-refractivity contribution in [3.8, 4) is 0 Å². The molecule has 104 valence electrons. The second-order valence-electron chi connectivity index (χ2n) is 5.36. The molecule has 0 fully saturated rings. The molecule has 3 heteroatoms. The maximum atomic E-state index is 11.0. The first-order valence-corrected chi connectivity index (χ1v) is 6.76. The van der Waals surface area contributed by atoms with Crippen molar-refractivity contribution in [1.29, 1.82) is 0 Å². The molecule has 0 saturated heterocycles. The SMILES string of the molecule is COC(=O)/C=C(C)/C=C/C(C)CCCC(C)(C)Cl. The predicted octanol–water partition coefficient (Wildman–Crippen LogP) is 4.49. The first-order chi connectivity index (χ1) is 8.24. The van der Waals surface area contributed by atoms with Crippen molar-refractivity contribution < 1.29 is 9.53 Å². The fraction of sp³-hybridized carbons (Fsp3) is 0.667. The van der Waals surface area contributed by atoms with Gasteiger partial charge in [0.1, 0.15) is 0 Å². The van der Waals surface area contributed by atoms with Gasteiger partial charge < -0.3 is 4.74 Å². The smallest absolute Gasteiger partial charge is 0.330 e. The second-order valence-corrected chi connectivity index (χ2v) is 6.38. The third kappa shape index (κ3) is 10.4. The topological polar surface area (TPSA) is 26.3 Å². The molecule has 0 spiro atoms. The molecule has 0 bridgehead atoms. The lowest BCUT2D eigenvalue weighted by atomic mass is 9.98. The molecule has 0 aromatic carbocycles. The number of halogens is 1. The summed E-state index contributed by atoms with van der Waals surface area (Å²) < 4.78 is 4.57. The van der Waals surface area contributed by atoms with Crippen LogP contribution in [-0.2, 0) is 9.53 Å². The fourth-order valence-electron chi connectivity index (χ4n) is 1.55. The van der Waals surface area contributed by atoms with Crippen LogP contribution in [0.1, 0.15) is 47.0 Å². The molecule has 0 aliphatic rings. The summed E-state index contributed by atoms with van der Waals surface area (Å²) in [6.07, 6.45) is 8.82. The number of alkyl halides is 1. The van der Waals surface area contributed by atoms with Gasteiger partial charge in [-0.25, -0.2) is 4.79 Å². The minimum Gasteiger partial charge on any atom is -0.466 e. The third-order valence-corrected chi connectivity index (χ3v) is 2.85.